The largest absolute Gasteiger partial charge is 0.467 e. The predicted molar refractivity (Wildman–Crippen MR) is 72.7 cm³/mol. The van der Waals surface area contributed by atoms with Crippen LogP contribution in [-0.4, -0.2) is 66.7 Å². The minimum absolute atomic E-state index is 0.929. The van der Waals surface area contributed by atoms with Crippen LogP contribution in [0.25, 0.3) is 0 Å². The van der Waals surface area contributed by atoms with Crippen molar-refractivity contribution in [3.8, 4) is 0 Å². The van der Waals surface area contributed by atoms with Crippen LogP contribution in [0.4, 0.5) is 0 Å². The molecule has 2 atom stereocenters. The van der Waals surface area contributed by atoms with E-state index >= 15 is 0 Å². The van der Waals surface area contributed by atoms with Gasteiger partial charge in [0.2, 0.25) is 0 Å². The van der Waals surface area contributed by atoms with Crippen LogP contribution in [0.3, 0.4) is 0 Å². The van der Waals surface area contributed by atoms with Crippen LogP contribution in [0.5, 0.6) is 0 Å². The summed E-state index contributed by atoms with van der Waals surface area (Å²) >= 11 is 0. The second-order valence-corrected chi connectivity index (χ2v) is 7.48. The quantitative estimate of drug-likeness (QED) is 0.363. The zero-order chi connectivity index (χ0) is 17.6. The van der Waals surface area contributed by atoms with E-state index in [2.05, 4.69) is 17.8 Å². The molecule has 0 saturated carbocycles. The van der Waals surface area contributed by atoms with Crippen molar-refractivity contribution in [2.24, 2.45) is 0 Å². The maximum absolute atomic E-state index is 11.5. The highest BCUT2D eigenvalue weighted by atomic mass is 32.2. The smallest absolute Gasteiger partial charge is 0.336 e. The molecular formula is C10H18O10S2. The van der Waals surface area contributed by atoms with Gasteiger partial charge in [-0.2, -0.15) is 16.8 Å². The lowest BCUT2D eigenvalue weighted by atomic mass is 10.4. The Kier molecular flexibility index (Phi) is 7.93. The molecule has 0 aromatic rings. The van der Waals surface area contributed by atoms with Crippen LogP contribution in [0.15, 0.2) is 0 Å². The molecule has 0 aromatic carbocycles. The van der Waals surface area contributed by atoms with E-state index in [1.807, 2.05) is 0 Å². The third-order valence-electron chi connectivity index (χ3n) is 2.23. The fraction of sp³-hybridized carbons (Fsp3) is 0.800. The molecule has 22 heavy (non-hydrogen) atoms. The SMILES string of the molecule is COC(=O)C(C)OS(=O)(=O)CCS(=O)(=O)OC(C)C(=O)OC. The number of carbonyl (C=O) groups excluding carboxylic acids is 2. The molecular weight excluding hydrogens is 344 g/mol. The summed E-state index contributed by atoms with van der Waals surface area (Å²) in [6.45, 7) is 2.27. The summed E-state index contributed by atoms with van der Waals surface area (Å²) in [5.74, 6) is -3.77. The van der Waals surface area contributed by atoms with Gasteiger partial charge >= 0.3 is 11.9 Å². The fourth-order valence-electron chi connectivity index (χ4n) is 1.15. The van der Waals surface area contributed by atoms with Gasteiger partial charge in [-0.15, -0.1) is 0 Å². The monoisotopic (exact) mass is 362 g/mol. The molecule has 0 aromatic heterocycles. The van der Waals surface area contributed by atoms with Crippen molar-refractivity contribution in [3.63, 3.8) is 0 Å². The molecule has 10 nitrogen and oxygen atoms in total. The molecule has 0 aliphatic rings. The van der Waals surface area contributed by atoms with Gasteiger partial charge in [-0.05, 0) is 13.8 Å². The van der Waals surface area contributed by atoms with Gasteiger partial charge in [0, 0.05) is 0 Å². The van der Waals surface area contributed by atoms with Gasteiger partial charge < -0.3 is 9.47 Å². The first-order valence-corrected chi connectivity index (χ1v) is 9.07. The van der Waals surface area contributed by atoms with Crippen molar-refractivity contribution >= 4 is 32.2 Å². The third-order valence-corrected chi connectivity index (χ3v) is 5.06. The second-order valence-electron chi connectivity index (χ2n) is 4.05. The average molecular weight is 362 g/mol. The van der Waals surface area contributed by atoms with Gasteiger partial charge in [-0.25, -0.2) is 9.59 Å². The lowest BCUT2D eigenvalue weighted by Gasteiger charge is -2.12. The highest BCUT2D eigenvalue weighted by Gasteiger charge is 2.27. The van der Waals surface area contributed by atoms with Gasteiger partial charge in [0.1, 0.15) is 0 Å². The normalized spacial score (nSPS) is 14.9. The lowest BCUT2D eigenvalue weighted by Crippen LogP contribution is -2.31. The van der Waals surface area contributed by atoms with Gasteiger partial charge in [0.25, 0.3) is 20.2 Å². The Hall–Kier alpha value is -1.24. The summed E-state index contributed by atoms with van der Waals surface area (Å²) in [5.41, 5.74) is 0. The molecule has 12 heteroatoms. The molecule has 0 spiro atoms. The Bertz CT molecular complexity index is 537. The van der Waals surface area contributed by atoms with Gasteiger partial charge in [0.05, 0.1) is 25.7 Å². The van der Waals surface area contributed by atoms with Crippen LogP contribution >= 0.6 is 0 Å². The summed E-state index contributed by atoms with van der Waals surface area (Å²) in [4.78, 5) is 22.1. The van der Waals surface area contributed by atoms with Crippen LogP contribution in [0, 0.1) is 0 Å². The molecule has 0 amide bonds. The van der Waals surface area contributed by atoms with E-state index in [-0.39, 0.29) is 0 Å². The van der Waals surface area contributed by atoms with Crippen molar-refractivity contribution in [2.45, 2.75) is 26.1 Å². The molecule has 0 aliphatic carbocycles. The number of rotatable bonds is 9. The Morgan fingerprint density at radius 1 is 0.773 bits per heavy atom. The van der Waals surface area contributed by atoms with Crippen LogP contribution in [0.2, 0.25) is 0 Å². The highest BCUT2D eigenvalue weighted by Crippen LogP contribution is 2.07. The lowest BCUT2D eigenvalue weighted by molar-refractivity contribution is -0.148. The number of hydrogen-bond donors (Lipinski definition) is 0. The second kappa shape index (κ2) is 8.41. The summed E-state index contributed by atoms with van der Waals surface area (Å²) in [7, 11) is -6.53. The standard InChI is InChI=1S/C10H18O10S2/c1-7(9(11)17-3)19-21(13,14)5-6-22(15,16)20-8(2)10(12)18-4/h7-8H,5-6H2,1-4H3. The van der Waals surface area contributed by atoms with Gasteiger partial charge in [-0.3, -0.25) is 8.37 Å². The van der Waals surface area contributed by atoms with Crippen molar-refractivity contribution in [1.82, 2.24) is 0 Å². The number of carbonyl (C=O) groups is 2. The molecule has 2 unspecified atom stereocenters. The molecule has 0 rings (SSSR count). The molecule has 0 aliphatic heterocycles. The Balaban J connectivity index is 4.64. The third kappa shape index (κ3) is 7.68. The van der Waals surface area contributed by atoms with Crippen LogP contribution < -0.4 is 0 Å². The van der Waals surface area contributed by atoms with Gasteiger partial charge in [-0.1, -0.05) is 0 Å². The average Bonchev–Trinajstić information content (AvgIpc) is 2.42. The molecule has 130 valence electrons. The molecule has 0 fully saturated rings. The van der Waals surface area contributed by atoms with Crippen LogP contribution in [0.1, 0.15) is 13.8 Å². The first-order chi connectivity index (χ1) is 9.94. The Morgan fingerprint density at radius 2 is 1.05 bits per heavy atom. The van der Waals surface area contributed by atoms with Crippen molar-refractivity contribution in [1.29, 1.82) is 0 Å². The summed E-state index contributed by atoms with van der Waals surface area (Å²) in [6, 6.07) is 0. The van der Waals surface area contributed by atoms with E-state index in [9.17, 15) is 26.4 Å². The molecule has 0 heterocycles. The van der Waals surface area contributed by atoms with Gasteiger partial charge in [0.15, 0.2) is 12.2 Å². The minimum atomic E-state index is -4.31. The number of ether oxygens (including phenoxy) is 2. The molecule has 0 radical (unpaired) electrons. The van der Waals surface area contributed by atoms with Crippen molar-refractivity contribution in [3.05, 3.63) is 0 Å². The number of esters is 2. The summed E-state index contributed by atoms with van der Waals surface area (Å²) < 4.78 is 63.6. The number of hydrogen-bond acceptors (Lipinski definition) is 10. The summed E-state index contributed by atoms with van der Waals surface area (Å²) in [5, 5.41) is 0. The number of methoxy groups -OCH3 is 2. The predicted octanol–water partition coefficient (Wildman–Crippen LogP) is -1.20. The Labute approximate surface area is 128 Å². The fourth-order valence-corrected chi connectivity index (χ4v) is 4.01. The molecule has 0 N–H and O–H groups in total. The minimum Gasteiger partial charge on any atom is -0.467 e. The molecule has 0 bridgehead atoms. The maximum Gasteiger partial charge on any atom is 0.336 e. The highest BCUT2D eigenvalue weighted by molar-refractivity contribution is 7.90. The zero-order valence-electron chi connectivity index (χ0n) is 12.5. The van der Waals surface area contributed by atoms with E-state index in [4.69, 9.17) is 0 Å². The first kappa shape index (κ1) is 20.8. The summed E-state index contributed by atoms with van der Waals surface area (Å²) in [6.07, 6.45) is -2.82. The van der Waals surface area contributed by atoms with E-state index in [0.717, 1.165) is 28.1 Å². The topological polar surface area (TPSA) is 139 Å². The van der Waals surface area contributed by atoms with E-state index < -0.39 is 55.9 Å². The zero-order valence-corrected chi connectivity index (χ0v) is 14.1. The van der Waals surface area contributed by atoms with Crippen molar-refractivity contribution in [2.75, 3.05) is 25.7 Å². The Morgan fingerprint density at radius 3 is 1.27 bits per heavy atom. The van der Waals surface area contributed by atoms with Crippen LogP contribution in [-0.2, 0) is 47.7 Å². The van der Waals surface area contributed by atoms with E-state index in [1.54, 1.807) is 0 Å². The molecule has 0 saturated heterocycles. The van der Waals surface area contributed by atoms with Crippen molar-refractivity contribution < 1.29 is 44.3 Å². The van der Waals surface area contributed by atoms with E-state index in [0.29, 0.717) is 0 Å². The van der Waals surface area contributed by atoms with E-state index in [1.165, 1.54) is 0 Å². The maximum atomic E-state index is 11.5. The first-order valence-electron chi connectivity index (χ1n) is 5.91.